The van der Waals surface area contributed by atoms with Crippen molar-refractivity contribution in [3.63, 3.8) is 0 Å². The van der Waals surface area contributed by atoms with E-state index in [9.17, 15) is 4.79 Å². The van der Waals surface area contributed by atoms with Crippen LogP contribution in [0.5, 0.6) is 5.75 Å². The Balaban J connectivity index is 2.36. The molecule has 0 N–H and O–H groups in total. The SMILES string of the molecule is COC(=O)Cc1cccc(-c2ccc(OC)cc2)c1C. The number of hydrogen-bond acceptors (Lipinski definition) is 3. The molecular weight excluding hydrogens is 252 g/mol. The summed E-state index contributed by atoms with van der Waals surface area (Å²) in [5.74, 6) is 0.608. The van der Waals surface area contributed by atoms with Crippen LogP contribution < -0.4 is 4.74 Å². The molecule has 20 heavy (non-hydrogen) atoms. The first kappa shape index (κ1) is 14.1. The number of carbonyl (C=O) groups excluding carboxylic acids is 1. The van der Waals surface area contributed by atoms with Crippen LogP contribution >= 0.6 is 0 Å². The molecule has 0 saturated carbocycles. The van der Waals surface area contributed by atoms with E-state index in [1.165, 1.54) is 7.11 Å². The summed E-state index contributed by atoms with van der Waals surface area (Å²) in [5, 5.41) is 0. The summed E-state index contributed by atoms with van der Waals surface area (Å²) in [4.78, 5) is 11.4. The molecule has 2 rings (SSSR count). The lowest BCUT2D eigenvalue weighted by Gasteiger charge is -2.11. The van der Waals surface area contributed by atoms with Crippen molar-refractivity contribution >= 4 is 5.97 Å². The summed E-state index contributed by atoms with van der Waals surface area (Å²) in [6, 6.07) is 13.9. The van der Waals surface area contributed by atoms with Gasteiger partial charge in [0.05, 0.1) is 20.6 Å². The molecule has 0 aromatic heterocycles. The summed E-state index contributed by atoms with van der Waals surface area (Å²) in [7, 11) is 3.06. The Morgan fingerprint density at radius 1 is 1.05 bits per heavy atom. The molecule has 0 spiro atoms. The predicted molar refractivity (Wildman–Crippen MR) is 78.9 cm³/mol. The predicted octanol–water partition coefficient (Wildman–Crippen LogP) is 3.39. The fraction of sp³-hybridized carbons (Fsp3) is 0.235. The molecule has 0 aliphatic heterocycles. The molecule has 2 aromatic rings. The molecular formula is C17H18O3. The van der Waals surface area contributed by atoms with Gasteiger partial charge in [-0.05, 0) is 41.3 Å². The van der Waals surface area contributed by atoms with Gasteiger partial charge in [-0.25, -0.2) is 0 Å². The molecule has 0 amide bonds. The lowest BCUT2D eigenvalue weighted by Crippen LogP contribution is -2.06. The molecule has 0 aliphatic carbocycles. The van der Waals surface area contributed by atoms with Gasteiger partial charge >= 0.3 is 5.97 Å². The van der Waals surface area contributed by atoms with E-state index < -0.39 is 0 Å². The highest BCUT2D eigenvalue weighted by Gasteiger charge is 2.10. The number of esters is 1. The van der Waals surface area contributed by atoms with Crippen molar-refractivity contribution < 1.29 is 14.3 Å². The topological polar surface area (TPSA) is 35.5 Å². The first-order valence-electron chi connectivity index (χ1n) is 6.45. The van der Waals surface area contributed by atoms with Gasteiger partial charge in [-0.3, -0.25) is 4.79 Å². The highest BCUT2D eigenvalue weighted by Crippen LogP contribution is 2.27. The maximum Gasteiger partial charge on any atom is 0.309 e. The van der Waals surface area contributed by atoms with Gasteiger partial charge in [0.2, 0.25) is 0 Å². The largest absolute Gasteiger partial charge is 0.497 e. The van der Waals surface area contributed by atoms with E-state index in [-0.39, 0.29) is 5.97 Å². The number of hydrogen-bond donors (Lipinski definition) is 0. The highest BCUT2D eigenvalue weighted by atomic mass is 16.5. The molecule has 0 bridgehead atoms. The van der Waals surface area contributed by atoms with Crippen LogP contribution in [0.2, 0.25) is 0 Å². The van der Waals surface area contributed by atoms with Crippen LogP contribution in [0, 0.1) is 6.92 Å². The quantitative estimate of drug-likeness (QED) is 0.799. The Kier molecular flexibility index (Phi) is 4.41. The third-order valence-electron chi connectivity index (χ3n) is 3.41. The molecule has 0 unspecified atom stereocenters. The second-order valence-corrected chi connectivity index (χ2v) is 4.57. The van der Waals surface area contributed by atoms with Crippen LogP contribution in [0.1, 0.15) is 11.1 Å². The number of ether oxygens (including phenoxy) is 2. The molecule has 104 valence electrons. The summed E-state index contributed by atoms with van der Waals surface area (Å²) in [6.07, 6.45) is 0.298. The summed E-state index contributed by atoms with van der Waals surface area (Å²) >= 11 is 0. The number of methoxy groups -OCH3 is 2. The van der Waals surface area contributed by atoms with Crippen LogP contribution in [0.25, 0.3) is 11.1 Å². The van der Waals surface area contributed by atoms with Crippen LogP contribution in [0.15, 0.2) is 42.5 Å². The smallest absolute Gasteiger partial charge is 0.309 e. The normalized spacial score (nSPS) is 10.2. The van der Waals surface area contributed by atoms with Gasteiger partial charge in [-0.2, -0.15) is 0 Å². The van der Waals surface area contributed by atoms with Crippen molar-refractivity contribution in [1.82, 2.24) is 0 Å². The van der Waals surface area contributed by atoms with Gasteiger partial charge in [0, 0.05) is 0 Å². The van der Waals surface area contributed by atoms with E-state index in [0.717, 1.165) is 28.0 Å². The van der Waals surface area contributed by atoms with Gasteiger partial charge < -0.3 is 9.47 Å². The van der Waals surface area contributed by atoms with E-state index in [0.29, 0.717) is 6.42 Å². The standard InChI is InChI=1S/C17H18O3/c1-12-14(11-17(18)20-3)5-4-6-16(12)13-7-9-15(19-2)10-8-13/h4-10H,11H2,1-3H3. The Labute approximate surface area is 119 Å². The fourth-order valence-corrected chi connectivity index (χ4v) is 2.19. The number of rotatable bonds is 4. The summed E-state index contributed by atoms with van der Waals surface area (Å²) in [6.45, 7) is 2.03. The van der Waals surface area contributed by atoms with Crippen LogP contribution in [-0.4, -0.2) is 20.2 Å². The molecule has 0 fully saturated rings. The molecule has 0 atom stereocenters. The first-order valence-corrected chi connectivity index (χ1v) is 6.45. The average molecular weight is 270 g/mol. The van der Waals surface area contributed by atoms with Crippen LogP contribution in [0.4, 0.5) is 0 Å². The fourth-order valence-electron chi connectivity index (χ4n) is 2.19. The lowest BCUT2D eigenvalue weighted by molar-refractivity contribution is -0.139. The van der Waals surface area contributed by atoms with Gasteiger partial charge in [0.25, 0.3) is 0 Å². The molecule has 0 aliphatic rings. The second kappa shape index (κ2) is 6.24. The monoisotopic (exact) mass is 270 g/mol. The van der Waals surface area contributed by atoms with Crippen LogP contribution in [0.3, 0.4) is 0 Å². The van der Waals surface area contributed by atoms with Crippen LogP contribution in [-0.2, 0) is 16.0 Å². The van der Waals surface area contributed by atoms with Gasteiger partial charge in [0.1, 0.15) is 5.75 Å². The Morgan fingerprint density at radius 2 is 1.75 bits per heavy atom. The number of carbonyl (C=O) groups is 1. The average Bonchev–Trinajstić information content (AvgIpc) is 2.49. The second-order valence-electron chi connectivity index (χ2n) is 4.57. The van der Waals surface area contributed by atoms with Gasteiger partial charge in [-0.15, -0.1) is 0 Å². The first-order chi connectivity index (χ1) is 9.65. The number of benzene rings is 2. The molecule has 2 aromatic carbocycles. The van der Waals surface area contributed by atoms with Gasteiger partial charge in [-0.1, -0.05) is 30.3 Å². The zero-order valence-corrected chi connectivity index (χ0v) is 12.0. The van der Waals surface area contributed by atoms with E-state index in [4.69, 9.17) is 9.47 Å². The van der Waals surface area contributed by atoms with Crippen molar-refractivity contribution in [3.05, 3.63) is 53.6 Å². The lowest BCUT2D eigenvalue weighted by atomic mass is 9.95. The van der Waals surface area contributed by atoms with Gasteiger partial charge in [0.15, 0.2) is 0 Å². The van der Waals surface area contributed by atoms with Crippen molar-refractivity contribution in [2.45, 2.75) is 13.3 Å². The maximum atomic E-state index is 11.4. The van der Waals surface area contributed by atoms with Crippen molar-refractivity contribution in [2.75, 3.05) is 14.2 Å². The van der Waals surface area contributed by atoms with E-state index in [1.807, 2.05) is 43.3 Å². The molecule has 3 nitrogen and oxygen atoms in total. The third-order valence-corrected chi connectivity index (χ3v) is 3.41. The summed E-state index contributed by atoms with van der Waals surface area (Å²) < 4.78 is 9.89. The zero-order valence-electron chi connectivity index (χ0n) is 12.0. The zero-order chi connectivity index (χ0) is 14.5. The Hall–Kier alpha value is -2.29. The Morgan fingerprint density at radius 3 is 2.35 bits per heavy atom. The molecule has 0 heterocycles. The minimum absolute atomic E-state index is 0.222. The molecule has 0 saturated heterocycles. The summed E-state index contributed by atoms with van der Waals surface area (Å²) in [5.41, 5.74) is 4.32. The van der Waals surface area contributed by atoms with E-state index >= 15 is 0 Å². The molecule has 3 heteroatoms. The van der Waals surface area contributed by atoms with E-state index in [1.54, 1.807) is 7.11 Å². The maximum absolute atomic E-state index is 11.4. The van der Waals surface area contributed by atoms with Crippen molar-refractivity contribution in [3.8, 4) is 16.9 Å². The van der Waals surface area contributed by atoms with E-state index in [2.05, 4.69) is 6.07 Å². The molecule has 0 radical (unpaired) electrons. The minimum atomic E-state index is -0.222. The Bertz CT molecular complexity index is 600. The van der Waals surface area contributed by atoms with Crippen molar-refractivity contribution in [2.24, 2.45) is 0 Å². The van der Waals surface area contributed by atoms with Crippen molar-refractivity contribution in [1.29, 1.82) is 0 Å². The third kappa shape index (κ3) is 2.99. The highest BCUT2D eigenvalue weighted by molar-refractivity contribution is 5.76. The minimum Gasteiger partial charge on any atom is -0.497 e.